The summed E-state index contributed by atoms with van der Waals surface area (Å²) in [4.78, 5) is 12.0. The molecule has 0 bridgehead atoms. The zero-order chi connectivity index (χ0) is 14.5. The Hall–Kier alpha value is -1.08. The van der Waals surface area contributed by atoms with Crippen molar-refractivity contribution in [1.82, 2.24) is 4.41 Å². The van der Waals surface area contributed by atoms with E-state index in [2.05, 4.69) is 6.92 Å². The fourth-order valence-corrected chi connectivity index (χ4v) is 2.73. The molecule has 0 aromatic carbocycles. The zero-order valence-electron chi connectivity index (χ0n) is 11.5. The van der Waals surface area contributed by atoms with Crippen LogP contribution in [-0.2, 0) is 19.3 Å². The van der Waals surface area contributed by atoms with Crippen molar-refractivity contribution in [1.29, 1.82) is 0 Å². The van der Waals surface area contributed by atoms with E-state index in [0.29, 0.717) is 18.4 Å². The molecule has 1 aliphatic rings. The van der Waals surface area contributed by atoms with Crippen LogP contribution in [0.2, 0.25) is 0 Å². The Bertz CT molecular complexity index is 456. The van der Waals surface area contributed by atoms with E-state index < -0.39 is 16.2 Å². The summed E-state index contributed by atoms with van der Waals surface area (Å²) in [6.07, 6.45) is 5.46. The second-order valence-corrected chi connectivity index (χ2v) is 6.02. The van der Waals surface area contributed by atoms with Gasteiger partial charge in [-0.3, -0.25) is 4.79 Å². The summed E-state index contributed by atoms with van der Waals surface area (Å²) in [6, 6.07) is 0. The molecule has 2 N–H and O–H groups in total. The third-order valence-electron chi connectivity index (χ3n) is 3.03. The van der Waals surface area contributed by atoms with Gasteiger partial charge in [-0.2, -0.15) is 8.42 Å². The summed E-state index contributed by atoms with van der Waals surface area (Å²) in [5.41, 5.74) is 0.398. The quantitative estimate of drug-likeness (QED) is 0.440. The fraction of sp³-hybridized carbons (Fsp3) is 0.750. The lowest BCUT2D eigenvalue weighted by atomic mass is 10.0. The Balaban J connectivity index is 2.97. The van der Waals surface area contributed by atoms with Crippen LogP contribution in [0.1, 0.15) is 58.8 Å². The molecule has 19 heavy (non-hydrogen) atoms. The van der Waals surface area contributed by atoms with Gasteiger partial charge in [-0.1, -0.05) is 33.1 Å². The van der Waals surface area contributed by atoms with Crippen LogP contribution >= 0.6 is 0 Å². The maximum Gasteiger partial charge on any atom is 0.426 e. The van der Waals surface area contributed by atoms with Gasteiger partial charge < -0.3 is 4.18 Å². The molecular weight excluding hydrogens is 268 g/mol. The number of hydrogen-bond acceptors (Lipinski definition) is 5. The summed E-state index contributed by atoms with van der Waals surface area (Å²) in [6.45, 7) is 4.06. The van der Waals surface area contributed by atoms with E-state index in [9.17, 15) is 13.2 Å². The van der Waals surface area contributed by atoms with Crippen molar-refractivity contribution < 1.29 is 17.4 Å². The van der Waals surface area contributed by atoms with Crippen molar-refractivity contribution >= 4 is 16.2 Å². The second-order valence-electron chi connectivity index (χ2n) is 4.60. The largest absolute Gasteiger partial charge is 0.426 e. The van der Waals surface area contributed by atoms with Gasteiger partial charge in [0.1, 0.15) is 5.76 Å². The SMILES string of the molecule is CCCCCC1=C(CCCC)C(=O)N(N)S(=O)(=O)O1. The van der Waals surface area contributed by atoms with E-state index in [1.807, 2.05) is 6.92 Å². The lowest BCUT2D eigenvalue weighted by Crippen LogP contribution is -2.47. The maximum absolute atomic E-state index is 12.0. The molecule has 7 heteroatoms. The van der Waals surface area contributed by atoms with Gasteiger partial charge in [-0.05, 0) is 19.3 Å². The Labute approximate surface area is 114 Å². The lowest BCUT2D eigenvalue weighted by molar-refractivity contribution is -0.124. The van der Waals surface area contributed by atoms with Crippen LogP contribution in [0.25, 0.3) is 0 Å². The summed E-state index contributed by atoms with van der Waals surface area (Å²) in [7, 11) is -4.15. The number of amides is 1. The molecule has 0 spiro atoms. The molecule has 0 aromatic rings. The van der Waals surface area contributed by atoms with E-state index in [0.717, 1.165) is 32.1 Å². The minimum atomic E-state index is -4.15. The van der Waals surface area contributed by atoms with Crippen molar-refractivity contribution in [3.05, 3.63) is 11.3 Å². The predicted molar refractivity (Wildman–Crippen MR) is 71.7 cm³/mol. The van der Waals surface area contributed by atoms with Gasteiger partial charge in [0, 0.05) is 6.42 Å². The number of allylic oxidation sites excluding steroid dienone is 1. The van der Waals surface area contributed by atoms with Crippen molar-refractivity contribution in [3.63, 3.8) is 0 Å². The first-order valence-corrected chi connectivity index (χ1v) is 8.06. The minimum Gasteiger partial charge on any atom is -0.370 e. The molecule has 0 aliphatic carbocycles. The maximum atomic E-state index is 12.0. The molecule has 0 aromatic heterocycles. The monoisotopic (exact) mass is 290 g/mol. The number of unbranched alkanes of at least 4 members (excludes halogenated alkanes) is 3. The molecule has 0 saturated heterocycles. The summed E-state index contributed by atoms with van der Waals surface area (Å²) < 4.78 is 28.3. The van der Waals surface area contributed by atoms with Crippen LogP contribution in [0.4, 0.5) is 0 Å². The van der Waals surface area contributed by atoms with E-state index in [1.165, 1.54) is 0 Å². The first-order chi connectivity index (χ1) is 8.94. The lowest BCUT2D eigenvalue weighted by Gasteiger charge is -2.26. The smallest absolute Gasteiger partial charge is 0.370 e. The number of nitrogens with two attached hydrogens (primary N) is 1. The van der Waals surface area contributed by atoms with Gasteiger partial charge >= 0.3 is 10.3 Å². The van der Waals surface area contributed by atoms with Gasteiger partial charge in [0.25, 0.3) is 5.91 Å². The first-order valence-electron chi connectivity index (χ1n) is 6.69. The highest BCUT2D eigenvalue weighted by Crippen LogP contribution is 2.28. The standard InChI is InChI=1S/C12H22N2O4S/c1-3-5-7-9-11-10(8-6-4-2)12(15)14(13)19(16,17)18-11/h3-9,13H2,1-2H3. The second kappa shape index (κ2) is 6.91. The highest BCUT2D eigenvalue weighted by atomic mass is 32.2. The molecule has 0 fully saturated rings. The van der Waals surface area contributed by atoms with Gasteiger partial charge in [-0.15, -0.1) is 4.41 Å². The van der Waals surface area contributed by atoms with E-state index in [4.69, 9.17) is 10.0 Å². The predicted octanol–water partition coefficient (Wildman–Crippen LogP) is 1.99. The normalized spacial score (nSPS) is 18.7. The van der Waals surface area contributed by atoms with Crippen molar-refractivity contribution in [2.45, 2.75) is 58.8 Å². The van der Waals surface area contributed by atoms with Crippen molar-refractivity contribution in [2.24, 2.45) is 5.84 Å². The van der Waals surface area contributed by atoms with Gasteiger partial charge in [0.2, 0.25) is 0 Å². The summed E-state index contributed by atoms with van der Waals surface area (Å²) >= 11 is 0. The molecule has 1 aliphatic heterocycles. The summed E-state index contributed by atoms with van der Waals surface area (Å²) in [5, 5.41) is 0. The minimum absolute atomic E-state index is 0.196. The van der Waals surface area contributed by atoms with Crippen molar-refractivity contribution in [3.8, 4) is 0 Å². The molecular formula is C12H22N2O4S. The molecule has 1 heterocycles. The number of hydrogen-bond donors (Lipinski definition) is 1. The number of nitrogens with zero attached hydrogens (tertiary/aromatic N) is 1. The van der Waals surface area contributed by atoms with E-state index in [1.54, 1.807) is 0 Å². The average molecular weight is 290 g/mol. The third kappa shape index (κ3) is 3.94. The molecule has 1 amide bonds. The number of hydrazine groups is 1. The van der Waals surface area contributed by atoms with Crippen molar-refractivity contribution in [2.75, 3.05) is 0 Å². The molecule has 0 unspecified atom stereocenters. The topological polar surface area (TPSA) is 89.7 Å². The molecule has 6 nitrogen and oxygen atoms in total. The van der Waals surface area contributed by atoms with Crippen LogP contribution in [0.15, 0.2) is 11.3 Å². The zero-order valence-corrected chi connectivity index (χ0v) is 12.3. The highest BCUT2D eigenvalue weighted by Gasteiger charge is 2.37. The summed E-state index contributed by atoms with van der Waals surface area (Å²) in [5.74, 6) is 4.88. The molecule has 0 saturated carbocycles. The number of carbonyl (C=O) groups is 1. The Morgan fingerprint density at radius 2 is 1.74 bits per heavy atom. The Morgan fingerprint density at radius 1 is 1.11 bits per heavy atom. The molecule has 0 radical (unpaired) electrons. The molecule has 0 atom stereocenters. The third-order valence-corrected chi connectivity index (χ3v) is 4.09. The first kappa shape index (κ1) is 16.0. The van der Waals surface area contributed by atoms with Gasteiger partial charge in [-0.25, -0.2) is 5.84 Å². The van der Waals surface area contributed by atoms with Crippen LogP contribution < -0.4 is 5.84 Å². The molecule has 110 valence electrons. The highest BCUT2D eigenvalue weighted by molar-refractivity contribution is 7.85. The Kier molecular flexibility index (Phi) is 5.81. The van der Waals surface area contributed by atoms with Gasteiger partial charge in [0.15, 0.2) is 0 Å². The van der Waals surface area contributed by atoms with Crippen LogP contribution in [-0.4, -0.2) is 18.7 Å². The number of rotatable bonds is 7. The fourth-order valence-electron chi connectivity index (χ4n) is 1.90. The van der Waals surface area contributed by atoms with E-state index >= 15 is 0 Å². The van der Waals surface area contributed by atoms with E-state index in [-0.39, 0.29) is 10.2 Å². The Morgan fingerprint density at radius 3 is 2.32 bits per heavy atom. The van der Waals surface area contributed by atoms with Crippen LogP contribution in [0, 0.1) is 0 Å². The number of carbonyl (C=O) groups excluding carboxylic acids is 1. The van der Waals surface area contributed by atoms with Gasteiger partial charge in [0.05, 0.1) is 5.57 Å². The average Bonchev–Trinajstić information content (AvgIpc) is 2.36. The van der Waals surface area contributed by atoms with Crippen LogP contribution in [0.5, 0.6) is 0 Å². The van der Waals surface area contributed by atoms with Crippen LogP contribution in [0.3, 0.4) is 0 Å². The molecule has 1 rings (SSSR count).